The van der Waals surface area contributed by atoms with Gasteiger partial charge in [0, 0.05) is 38.6 Å². The fourth-order valence-electron chi connectivity index (χ4n) is 2.69. The van der Waals surface area contributed by atoms with E-state index in [2.05, 4.69) is 39.5 Å². The lowest BCUT2D eigenvalue weighted by Gasteiger charge is -2.14. The third-order valence-electron chi connectivity index (χ3n) is 3.57. The zero-order valence-corrected chi connectivity index (χ0v) is 11.3. The quantitative estimate of drug-likeness (QED) is 0.906. The van der Waals surface area contributed by atoms with Crippen molar-refractivity contribution in [1.82, 2.24) is 15.2 Å². The van der Waals surface area contributed by atoms with Crippen molar-refractivity contribution in [3.63, 3.8) is 0 Å². The standard InChI is InChI=1S/C16H19N3/c1-17-8-13-4-5-15-11-19(12-16(15)7-13)10-14-3-2-6-18-9-14/h2-7,9,17H,8,10-12H2,1H3. The average molecular weight is 253 g/mol. The number of pyridine rings is 1. The van der Waals surface area contributed by atoms with Crippen LogP contribution in [0.3, 0.4) is 0 Å². The van der Waals surface area contributed by atoms with Gasteiger partial charge in [-0.2, -0.15) is 0 Å². The number of nitrogens with zero attached hydrogens (tertiary/aromatic N) is 2. The molecule has 98 valence electrons. The van der Waals surface area contributed by atoms with E-state index in [4.69, 9.17) is 0 Å². The molecule has 1 aromatic carbocycles. The summed E-state index contributed by atoms with van der Waals surface area (Å²) in [6.45, 7) is 4.01. The summed E-state index contributed by atoms with van der Waals surface area (Å²) < 4.78 is 0. The molecule has 0 saturated heterocycles. The molecule has 1 N–H and O–H groups in total. The summed E-state index contributed by atoms with van der Waals surface area (Å²) >= 11 is 0. The molecule has 0 fully saturated rings. The van der Waals surface area contributed by atoms with E-state index in [0.717, 1.165) is 26.2 Å². The van der Waals surface area contributed by atoms with Gasteiger partial charge < -0.3 is 5.32 Å². The van der Waals surface area contributed by atoms with Crippen molar-refractivity contribution in [1.29, 1.82) is 0 Å². The summed E-state index contributed by atoms with van der Waals surface area (Å²) in [5, 5.41) is 3.20. The lowest BCUT2D eigenvalue weighted by molar-refractivity contribution is 0.275. The normalized spacial score (nSPS) is 14.6. The van der Waals surface area contributed by atoms with Crippen molar-refractivity contribution in [2.24, 2.45) is 0 Å². The third kappa shape index (κ3) is 2.83. The lowest BCUT2D eigenvalue weighted by Crippen LogP contribution is -2.15. The molecule has 0 unspecified atom stereocenters. The summed E-state index contributed by atoms with van der Waals surface area (Å²) in [5.74, 6) is 0. The van der Waals surface area contributed by atoms with Crippen molar-refractivity contribution in [2.45, 2.75) is 26.2 Å². The highest BCUT2D eigenvalue weighted by atomic mass is 15.1. The van der Waals surface area contributed by atoms with E-state index in [-0.39, 0.29) is 0 Å². The minimum atomic E-state index is 0.940. The van der Waals surface area contributed by atoms with Crippen LogP contribution >= 0.6 is 0 Å². The maximum atomic E-state index is 4.18. The second-order valence-electron chi connectivity index (χ2n) is 5.14. The number of hydrogen-bond acceptors (Lipinski definition) is 3. The van der Waals surface area contributed by atoms with Gasteiger partial charge >= 0.3 is 0 Å². The summed E-state index contributed by atoms with van der Waals surface area (Å²) in [4.78, 5) is 6.64. The van der Waals surface area contributed by atoms with Crippen LogP contribution in [0.5, 0.6) is 0 Å². The van der Waals surface area contributed by atoms with Crippen molar-refractivity contribution < 1.29 is 0 Å². The second-order valence-corrected chi connectivity index (χ2v) is 5.14. The predicted molar refractivity (Wildman–Crippen MR) is 76.4 cm³/mol. The van der Waals surface area contributed by atoms with Crippen LogP contribution in [0.4, 0.5) is 0 Å². The molecule has 0 atom stereocenters. The van der Waals surface area contributed by atoms with E-state index in [1.54, 1.807) is 0 Å². The molecule has 1 aliphatic heterocycles. The Morgan fingerprint density at radius 2 is 2.05 bits per heavy atom. The first-order valence-corrected chi connectivity index (χ1v) is 6.71. The largest absolute Gasteiger partial charge is 0.316 e. The topological polar surface area (TPSA) is 28.2 Å². The molecule has 19 heavy (non-hydrogen) atoms. The summed E-state index contributed by atoms with van der Waals surface area (Å²) in [6, 6.07) is 11.0. The van der Waals surface area contributed by atoms with Gasteiger partial charge in [-0.25, -0.2) is 0 Å². The average Bonchev–Trinajstić information content (AvgIpc) is 2.82. The number of benzene rings is 1. The Morgan fingerprint density at radius 1 is 1.16 bits per heavy atom. The number of hydrogen-bond donors (Lipinski definition) is 1. The van der Waals surface area contributed by atoms with E-state index in [1.165, 1.54) is 22.3 Å². The molecule has 0 saturated carbocycles. The smallest absolute Gasteiger partial charge is 0.0312 e. The first-order chi connectivity index (χ1) is 9.35. The highest BCUT2D eigenvalue weighted by Gasteiger charge is 2.18. The Morgan fingerprint density at radius 3 is 2.84 bits per heavy atom. The van der Waals surface area contributed by atoms with Crippen molar-refractivity contribution in [3.05, 3.63) is 65.0 Å². The second kappa shape index (κ2) is 5.51. The molecule has 3 nitrogen and oxygen atoms in total. The highest BCUT2D eigenvalue weighted by Crippen LogP contribution is 2.25. The highest BCUT2D eigenvalue weighted by molar-refractivity contribution is 5.35. The minimum absolute atomic E-state index is 0.940. The first-order valence-electron chi connectivity index (χ1n) is 6.71. The SMILES string of the molecule is CNCc1ccc2c(c1)CN(Cc1cccnc1)C2. The van der Waals surface area contributed by atoms with E-state index in [1.807, 2.05) is 25.5 Å². The summed E-state index contributed by atoms with van der Waals surface area (Å²) in [7, 11) is 1.99. The fraction of sp³-hybridized carbons (Fsp3) is 0.312. The molecular weight excluding hydrogens is 234 g/mol. The van der Waals surface area contributed by atoms with E-state index >= 15 is 0 Å². The van der Waals surface area contributed by atoms with Crippen LogP contribution in [0.25, 0.3) is 0 Å². The maximum Gasteiger partial charge on any atom is 0.0312 e. The number of fused-ring (bicyclic) bond motifs is 1. The number of aromatic nitrogens is 1. The molecule has 1 aromatic heterocycles. The van der Waals surface area contributed by atoms with Gasteiger partial charge in [-0.05, 0) is 35.4 Å². The van der Waals surface area contributed by atoms with Crippen LogP contribution in [-0.2, 0) is 26.2 Å². The molecule has 0 bridgehead atoms. The van der Waals surface area contributed by atoms with Crippen LogP contribution in [0.15, 0.2) is 42.7 Å². The molecule has 0 aliphatic carbocycles. The van der Waals surface area contributed by atoms with E-state index < -0.39 is 0 Å². The fourth-order valence-corrected chi connectivity index (χ4v) is 2.69. The van der Waals surface area contributed by atoms with Crippen LogP contribution in [0, 0.1) is 0 Å². The summed E-state index contributed by atoms with van der Waals surface area (Å²) in [6.07, 6.45) is 3.78. The van der Waals surface area contributed by atoms with Gasteiger partial charge in [0.25, 0.3) is 0 Å². The van der Waals surface area contributed by atoms with Gasteiger partial charge in [-0.15, -0.1) is 0 Å². The van der Waals surface area contributed by atoms with Crippen molar-refractivity contribution >= 4 is 0 Å². The zero-order valence-electron chi connectivity index (χ0n) is 11.3. The Balaban J connectivity index is 1.70. The maximum absolute atomic E-state index is 4.18. The molecule has 2 aromatic rings. The Bertz CT molecular complexity index is 551. The molecule has 3 rings (SSSR count). The third-order valence-corrected chi connectivity index (χ3v) is 3.57. The Kier molecular flexibility index (Phi) is 3.58. The number of nitrogens with one attached hydrogen (secondary N) is 1. The van der Waals surface area contributed by atoms with Crippen LogP contribution < -0.4 is 5.32 Å². The van der Waals surface area contributed by atoms with Gasteiger partial charge in [-0.1, -0.05) is 24.3 Å². The minimum Gasteiger partial charge on any atom is -0.316 e. The van der Waals surface area contributed by atoms with Crippen LogP contribution in [0.2, 0.25) is 0 Å². The van der Waals surface area contributed by atoms with E-state index in [0.29, 0.717) is 0 Å². The van der Waals surface area contributed by atoms with Crippen molar-refractivity contribution in [3.8, 4) is 0 Å². The zero-order chi connectivity index (χ0) is 13.1. The molecule has 0 radical (unpaired) electrons. The summed E-state index contributed by atoms with van der Waals surface area (Å²) in [5.41, 5.74) is 5.58. The van der Waals surface area contributed by atoms with Crippen LogP contribution in [0.1, 0.15) is 22.3 Å². The molecule has 2 heterocycles. The van der Waals surface area contributed by atoms with Gasteiger partial charge in [-0.3, -0.25) is 9.88 Å². The molecule has 0 spiro atoms. The Labute approximate surface area is 114 Å². The van der Waals surface area contributed by atoms with Gasteiger partial charge in [0.15, 0.2) is 0 Å². The van der Waals surface area contributed by atoms with Crippen molar-refractivity contribution in [2.75, 3.05) is 7.05 Å². The molecule has 1 aliphatic rings. The van der Waals surface area contributed by atoms with Gasteiger partial charge in [0.2, 0.25) is 0 Å². The number of rotatable bonds is 4. The predicted octanol–water partition coefficient (Wildman–Crippen LogP) is 2.32. The van der Waals surface area contributed by atoms with E-state index in [9.17, 15) is 0 Å². The molecule has 3 heteroatoms. The van der Waals surface area contributed by atoms with Gasteiger partial charge in [0.05, 0.1) is 0 Å². The monoisotopic (exact) mass is 253 g/mol. The van der Waals surface area contributed by atoms with Crippen LogP contribution in [-0.4, -0.2) is 16.9 Å². The Hall–Kier alpha value is -1.71. The van der Waals surface area contributed by atoms with Gasteiger partial charge in [0.1, 0.15) is 0 Å². The lowest BCUT2D eigenvalue weighted by atomic mass is 10.1. The first kappa shape index (κ1) is 12.3. The molecular formula is C16H19N3. The molecule has 0 amide bonds.